The summed E-state index contributed by atoms with van der Waals surface area (Å²) >= 11 is 0. The highest BCUT2D eigenvalue weighted by atomic mass is 32.2. The molecule has 10 nitrogen and oxygen atoms in total. The number of hydrogen-bond acceptors (Lipinski definition) is 9. The molecular weight excluding hydrogens is 458 g/mol. The molecule has 4 aliphatic rings. The molecule has 0 amide bonds. The van der Waals surface area contributed by atoms with Crippen LogP contribution in [0.4, 0.5) is 8.78 Å². The Kier molecular flexibility index (Phi) is 7.11. The molecule has 32 heavy (non-hydrogen) atoms. The Hall–Kier alpha value is -1.86. The highest BCUT2D eigenvalue weighted by molar-refractivity contribution is 7.87. The number of esters is 3. The SMILES string of the molecule is CC1(OC(=O)COC(=O)COCCOC(=O)C(F)(F)S(=O)(=O)O)C2CC3CC(C2)CC1C3. The number of carbonyl (C=O) groups excluding carboxylic acids is 3. The third-order valence-corrected chi connectivity index (χ3v) is 7.50. The van der Waals surface area contributed by atoms with Crippen molar-refractivity contribution < 1.29 is 55.1 Å². The summed E-state index contributed by atoms with van der Waals surface area (Å²) in [6.07, 6.45) is 5.45. The minimum absolute atomic E-state index is 0.317. The lowest BCUT2D eigenvalue weighted by Gasteiger charge is -2.59. The fourth-order valence-electron chi connectivity index (χ4n) is 5.28. The van der Waals surface area contributed by atoms with Crippen molar-refractivity contribution in [1.29, 1.82) is 0 Å². The van der Waals surface area contributed by atoms with Crippen molar-refractivity contribution in [2.45, 2.75) is 49.9 Å². The van der Waals surface area contributed by atoms with Crippen LogP contribution in [0.1, 0.15) is 39.0 Å². The van der Waals surface area contributed by atoms with Gasteiger partial charge < -0.3 is 18.9 Å². The normalized spacial score (nSPS) is 31.2. The van der Waals surface area contributed by atoms with Crippen LogP contribution in [0.2, 0.25) is 0 Å². The topological polar surface area (TPSA) is 142 Å². The molecule has 4 saturated carbocycles. The third-order valence-electron chi connectivity index (χ3n) is 6.69. The molecule has 4 fully saturated rings. The summed E-state index contributed by atoms with van der Waals surface area (Å²) < 4.78 is 74.2. The van der Waals surface area contributed by atoms with Crippen LogP contribution in [-0.4, -0.2) is 68.2 Å². The number of carbonyl (C=O) groups is 3. The minimum atomic E-state index is -5.96. The molecule has 13 heteroatoms. The van der Waals surface area contributed by atoms with E-state index in [1.165, 1.54) is 6.42 Å². The molecule has 0 radical (unpaired) electrons. The molecule has 0 aliphatic heterocycles. The number of rotatable bonds is 10. The molecule has 4 aliphatic carbocycles. The molecule has 182 valence electrons. The molecule has 0 spiro atoms. The van der Waals surface area contributed by atoms with E-state index >= 15 is 0 Å². The van der Waals surface area contributed by atoms with Gasteiger partial charge in [0.05, 0.1) is 6.61 Å². The number of hydrogen-bond donors (Lipinski definition) is 1. The number of halogens is 2. The molecule has 0 aromatic heterocycles. The van der Waals surface area contributed by atoms with Gasteiger partial charge >= 0.3 is 33.3 Å². The van der Waals surface area contributed by atoms with Crippen LogP contribution in [-0.2, 0) is 43.4 Å². The van der Waals surface area contributed by atoms with Gasteiger partial charge in [0.2, 0.25) is 0 Å². The summed E-state index contributed by atoms with van der Waals surface area (Å²) in [6.45, 7) is -0.639. The van der Waals surface area contributed by atoms with E-state index in [1.54, 1.807) is 0 Å². The van der Waals surface area contributed by atoms with Gasteiger partial charge in [-0.25, -0.2) is 14.4 Å². The van der Waals surface area contributed by atoms with E-state index in [9.17, 15) is 31.6 Å². The maximum atomic E-state index is 13.0. The Morgan fingerprint density at radius 1 is 0.938 bits per heavy atom. The first-order valence-corrected chi connectivity index (χ1v) is 11.7. The van der Waals surface area contributed by atoms with E-state index in [2.05, 4.69) is 4.74 Å². The standard InChI is InChI=1S/C19H26F2O10S/c1-18(13-5-11-4-12(7-13)8-14(18)6-11)31-16(23)10-30-15(22)9-28-2-3-29-17(24)19(20,21)32(25,26)27/h11-14H,2-10H2,1H3,(H,25,26,27). The summed E-state index contributed by atoms with van der Waals surface area (Å²) in [5.41, 5.74) is -0.554. The van der Waals surface area contributed by atoms with Crippen LogP contribution in [0.3, 0.4) is 0 Å². The van der Waals surface area contributed by atoms with Gasteiger partial charge in [0.25, 0.3) is 0 Å². The first-order valence-electron chi connectivity index (χ1n) is 10.3. The Morgan fingerprint density at radius 2 is 1.50 bits per heavy atom. The third kappa shape index (κ3) is 5.20. The van der Waals surface area contributed by atoms with Gasteiger partial charge in [0.15, 0.2) is 6.61 Å². The van der Waals surface area contributed by atoms with Crippen molar-refractivity contribution in [1.82, 2.24) is 0 Å². The van der Waals surface area contributed by atoms with Crippen molar-refractivity contribution in [2.24, 2.45) is 23.7 Å². The van der Waals surface area contributed by atoms with Crippen LogP contribution in [0.5, 0.6) is 0 Å². The van der Waals surface area contributed by atoms with Crippen molar-refractivity contribution in [3.05, 3.63) is 0 Å². The molecular formula is C19H26F2O10S. The highest BCUT2D eigenvalue weighted by Crippen LogP contribution is 2.59. The Bertz CT molecular complexity index is 828. The molecule has 0 heterocycles. The second-order valence-electron chi connectivity index (χ2n) is 8.80. The van der Waals surface area contributed by atoms with Gasteiger partial charge in [-0.1, -0.05) is 0 Å². The van der Waals surface area contributed by atoms with Crippen LogP contribution < -0.4 is 0 Å². The quantitative estimate of drug-likeness (QED) is 0.209. The van der Waals surface area contributed by atoms with Crippen LogP contribution >= 0.6 is 0 Å². The summed E-state index contributed by atoms with van der Waals surface area (Å²) in [5.74, 6) is -2.01. The zero-order chi connectivity index (χ0) is 23.7. The average Bonchev–Trinajstić information content (AvgIpc) is 2.68. The number of ether oxygens (including phenoxy) is 4. The van der Waals surface area contributed by atoms with E-state index in [0.717, 1.165) is 25.7 Å². The lowest BCUT2D eigenvalue weighted by atomic mass is 9.50. The van der Waals surface area contributed by atoms with Gasteiger partial charge in [0.1, 0.15) is 18.8 Å². The summed E-state index contributed by atoms with van der Waals surface area (Å²) in [4.78, 5) is 34.8. The molecule has 4 rings (SSSR count). The lowest BCUT2D eigenvalue weighted by Crippen LogP contribution is -2.58. The molecule has 4 bridgehead atoms. The summed E-state index contributed by atoms with van der Waals surface area (Å²) in [7, 11) is -5.96. The van der Waals surface area contributed by atoms with Crippen molar-refractivity contribution in [3.8, 4) is 0 Å². The smallest absolute Gasteiger partial charge is 0.458 e. The Labute approximate surface area is 183 Å². The van der Waals surface area contributed by atoms with Crippen molar-refractivity contribution >= 4 is 28.0 Å². The van der Waals surface area contributed by atoms with Gasteiger partial charge in [-0.3, -0.25) is 4.55 Å². The molecule has 0 atom stereocenters. The fraction of sp³-hybridized carbons (Fsp3) is 0.842. The van der Waals surface area contributed by atoms with E-state index in [0.29, 0.717) is 23.7 Å². The first kappa shape index (κ1) is 24.8. The maximum absolute atomic E-state index is 13.0. The first-order chi connectivity index (χ1) is 14.8. The van der Waals surface area contributed by atoms with Crippen LogP contribution in [0, 0.1) is 23.7 Å². The molecule has 1 N–H and O–H groups in total. The highest BCUT2D eigenvalue weighted by Gasteiger charge is 2.57. The van der Waals surface area contributed by atoms with Gasteiger partial charge in [-0.05, 0) is 62.7 Å². The Balaban J connectivity index is 1.32. The number of alkyl halides is 2. The fourth-order valence-corrected chi connectivity index (χ4v) is 5.55. The van der Waals surface area contributed by atoms with E-state index in [-0.39, 0.29) is 0 Å². The largest absolute Gasteiger partial charge is 0.465 e. The maximum Gasteiger partial charge on any atom is 0.465 e. The second kappa shape index (κ2) is 9.18. The molecule has 0 saturated heterocycles. The lowest BCUT2D eigenvalue weighted by molar-refractivity contribution is -0.207. The average molecular weight is 484 g/mol. The van der Waals surface area contributed by atoms with Crippen molar-refractivity contribution in [2.75, 3.05) is 26.4 Å². The predicted molar refractivity (Wildman–Crippen MR) is 101 cm³/mol. The predicted octanol–water partition coefficient (Wildman–Crippen LogP) is 1.33. The minimum Gasteiger partial charge on any atom is -0.458 e. The van der Waals surface area contributed by atoms with Crippen LogP contribution in [0.25, 0.3) is 0 Å². The monoisotopic (exact) mass is 484 g/mol. The van der Waals surface area contributed by atoms with Crippen molar-refractivity contribution in [3.63, 3.8) is 0 Å². The summed E-state index contributed by atoms with van der Waals surface area (Å²) in [5, 5.41) is -5.11. The van der Waals surface area contributed by atoms with Crippen LogP contribution in [0.15, 0.2) is 0 Å². The zero-order valence-electron chi connectivity index (χ0n) is 17.5. The molecule has 0 unspecified atom stereocenters. The summed E-state index contributed by atoms with van der Waals surface area (Å²) in [6, 6.07) is 0. The zero-order valence-corrected chi connectivity index (χ0v) is 18.3. The van der Waals surface area contributed by atoms with E-state index in [4.69, 9.17) is 18.8 Å². The molecule has 0 aromatic carbocycles. The second-order valence-corrected chi connectivity index (χ2v) is 10.3. The van der Waals surface area contributed by atoms with Gasteiger partial charge in [-0.2, -0.15) is 17.2 Å². The van der Waals surface area contributed by atoms with Gasteiger partial charge in [0, 0.05) is 0 Å². The molecule has 0 aromatic rings. The van der Waals surface area contributed by atoms with E-state index in [1.807, 2.05) is 6.92 Å². The van der Waals surface area contributed by atoms with Gasteiger partial charge in [-0.15, -0.1) is 0 Å². The Morgan fingerprint density at radius 3 is 2.03 bits per heavy atom. The van der Waals surface area contributed by atoms with E-state index < -0.39 is 65.3 Å².